The molecule has 0 unspecified atom stereocenters. The number of hydrogen-bond donors (Lipinski definition) is 1. The third kappa shape index (κ3) is 5.23. The molecule has 3 rings (SSSR count). The van der Waals surface area contributed by atoms with Crippen LogP contribution in [0.3, 0.4) is 0 Å². The molecule has 1 amide bonds. The molecule has 2 aromatic heterocycles. The standard InChI is InChI=1S/C22H29ClN6O3/c1-22(2,3)32-21(30)28(10-9-27(4)5)20-15-13-25-19(23)12-17(15)29(26-20)16-8-7-14(24)11-18(16)31-6/h7-8,11-13H,9-10,24H2,1-6H3. The van der Waals surface area contributed by atoms with Crippen LogP contribution in [0.2, 0.25) is 5.15 Å². The number of nitrogens with zero attached hydrogens (tertiary/aromatic N) is 5. The molecule has 9 nitrogen and oxygen atoms in total. The van der Waals surface area contributed by atoms with E-state index in [1.807, 2.05) is 39.8 Å². The maximum Gasteiger partial charge on any atom is 0.416 e. The first-order chi connectivity index (χ1) is 15.0. The van der Waals surface area contributed by atoms with E-state index in [0.717, 1.165) is 0 Å². The Morgan fingerprint density at radius 2 is 1.94 bits per heavy atom. The summed E-state index contributed by atoms with van der Waals surface area (Å²) >= 11 is 6.20. The summed E-state index contributed by atoms with van der Waals surface area (Å²) in [6.07, 6.45) is 1.11. The van der Waals surface area contributed by atoms with Gasteiger partial charge in [0.25, 0.3) is 0 Å². The highest BCUT2D eigenvalue weighted by Crippen LogP contribution is 2.34. The fourth-order valence-electron chi connectivity index (χ4n) is 3.12. The van der Waals surface area contributed by atoms with Crippen LogP contribution in [0.1, 0.15) is 20.8 Å². The number of pyridine rings is 1. The number of anilines is 2. The van der Waals surface area contributed by atoms with Gasteiger partial charge in [-0.25, -0.2) is 14.5 Å². The molecule has 0 atom stereocenters. The first-order valence-electron chi connectivity index (χ1n) is 10.1. The SMILES string of the molecule is COc1cc(N)ccc1-n1nc(N(CCN(C)C)C(=O)OC(C)(C)C)c2cnc(Cl)cc21. The van der Waals surface area contributed by atoms with Crippen molar-refractivity contribution in [3.05, 3.63) is 35.6 Å². The summed E-state index contributed by atoms with van der Waals surface area (Å²) < 4.78 is 12.9. The lowest BCUT2D eigenvalue weighted by Crippen LogP contribution is -2.40. The molecule has 0 fully saturated rings. The highest BCUT2D eigenvalue weighted by Gasteiger charge is 2.28. The molecule has 32 heavy (non-hydrogen) atoms. The van der Waals surface area contributed by atoms with Crippen LogP contribution in [0.4, 0.5) is 16.3 Å². The quantitative estimate of drug-likeness (QED) is 0.439. The molecule has 1 aromatic carbocycles. The Labute approximate surface area is 192 Å². The van der Waals surface area contributed by atoms with Crippen molar-refractivity contribution >= 4 is 40.1 Å². The highest BCUT2D eigenvalue weighted by molar-refractivity contribution is 6.30. The fraction of sp³-hybridized carbons (Fsp3) is 0.409. The second-order valence-electron chi connectivity index (χ2n) is 8.63. The van der Waals surface area contributed by atoms with Gasteiger partial charge in [-0.05, 0) is 47.0 Å². The summed E-state index contributed by atoms with van der Waals surface area (Å²) in [6.45, 7) is 6.46. The zero-order valence-corrected chi connectivity index (χ0v) is 20.0. The molecule has 0 radical (unpaired) electrons. The molecule has 0 saturated heterocycles. The number of fused-ring (bicyclic) bond motifs is 1. The van der Waals surface area contributed by atoms with E-state index in [1.165, 1.54) is 4.90 Å². The lowest BCUT2D eigenvalue weighted by atomic mass is 10.2. The first kappa shape index (κ1) is 23.6. The molecular weight excluding hydrogens is 432 g/mol. The third-order valence-electron chi connectivity index (χ3n) is 4.58. The average Bonchev–Trinajstić information content (AvgIpc) is 3.04. The van der Waals surface area contributed by atoms with Crippen LogP contribution in [0.25, 0.3) is 16.6 Å². The largest absolute Gasteiger partial charge is 0.494 e. The van der Waals surface area contributed by atoms with Crippen molar-refractivity contribution in [2.45, 2.75) is 26.4 Å². The zero-order chi connectivity index (χ0) is 23.6. The van der Waals surface area contributed by atoms with E-state index < -0.39 is 11.7 Å². The number of methoxy groups -OCH3 is 1. The van der Waals surface area contributed by atoms with Gasteiger partial charge in [-0.15, -0.1) is 5.10 Å². The smallest absolute Gasteiger partial charge is 0.416 e. The van der Waals surface area contributed by atoms with Crippen LogP contribution in [-0.2, 0) is 4.74 Å². The minimum atomic E-state index is -0.659. The van der Waals surface area contributed by atoms with E-state index in [4.69, 9.17) is 31.9 Å². The van der Waals surface area contributed by atoms with Crippen LogP contribution in [0.15, 0.2) is 30.5 Å². The number of nitrogens with two attached hydrogens (primary N) is 1. The summed E-state index contributed by atoms with van der Waals surface area (Å²) in [6, 6.07) is 6.97. The van der Waals surface area contributed by atoms with Crippen LogP contribution < -0.4 is 15.4 Å². The van der Waals surface area contributed by atoms with Gasteiger partial charge in [0, 0.05) is 37.1 Å². The number of carbonyl (C=O) groups is 1. The Morgan fingerprint density at radius 1 is 1.22 bits per heavy atom. The second kappa shape index (κ2) is 9.22. The maximum atomic E-state index is 13.1. The second-order valence-corrected chi connectivity index (χ2v) is 9.01. The van der Waals surface area contributed by atoms with Crippen molar-refractivity contribution in [1.29, 1.82) is 0 Å². The van der Waals surface area contributed by atoms with Crippen molar-refractivity contribution < 1.29 is 14.3 Å². The average molecular weight is 461 g/mol. The Bertz CT molecular complexity index is 1120. The third-order valence-corrected chi connectivity index (χ3v) is 4.79. The van der Waals surface area contributed by atoms with Crippen LogP contribution >= 0.6 is 11.6 Å². The van der Waals surface area contributed by atoms with Gasteiger partial charge in [-0.1, -0.05) is 11.6 Å². The Morgan fingerprint density at radius 3 is 2.56 bits per heavy atom. The zero-order valence-electron chi connectivity index (χ0n) is 19.2. The number of benzene rings is 1. The Balaban J connectivity index is 2.21. The van der Waals surface area contributed by atoms with Crippen molar-refractivity contribution in [2.24, 2.45) is 0 Å². The molecule has 2 N–H and O–H groups in total. The summed E-state index contributed by atoms with van der Waals surface area (Å²) in [5.41, 5.74) is 7.14. The summed E-state index contributed by atoms with van der Waals surface area (Å²) in [5.74, 6) is 0.949. The summed E-state index contributed by atoms with van der Waals surface area (Å²) in [4.78, 5) is 20.9. The van der Waals surface area contributed by atoms with Crippen LogP contribution in [0, 0.1) is 0 Å². The molecule has 172 valence electrons. The van der Waals surface area contributed by atoms with Crippen molar-refractivity contribution in [3.63, 3.8) is 0 Å². The molecule has 2 heterocycles. The van der Waals surface area contributed by atoms with Crippen molar-refractivity contribution in [2.75, 3.05) is 44.9 Å². The number of likely N-dealkylation sites (N-methyl/N-ethyl adjacent to an activating group) is 1. The predicted molar refractivity (Wildman–Crippen MR) is 127 cm³/mol. The van der Waals surface area contributed by atoms with Gasteiger partial charge < -0.3 is 20.1 Å². The number of halogens is 1. The summed E-state index contributed by atoms with van der Waals surface area (Å²) in [5, 5.41) is 5.73. The number of hydrogen-bond acceptors (Lipinski definition) is 7. The first-order valence-corrected chi connectivity index (χ1v) is 10.5. The minimum Gasteiger partial charge on any atom is -0.494 e. The molecule has 0 bridgehead atoms. The Kier molecular flexibility index (Phi) is 6.80. The number of rotatable bonds is 6. The van der Waals surface area contributed by atoms with E-state index >= 15 is 0 Å². The topological polar surface area (TPSA) is 98.7 Å². The molecule has 0 spiro atoms. The molecular formula is C22H29ClN6O3. The van der Waals surface area contributed by atoms with E-state index in [9.17, 15) is 4.79 Å². The number of amides is 1. The monoisotopic (exact) mass is 460 g/mol. The van der Waals surface area contributed by atoms with Gasteiger partial charge in [-0.3, -0.25) is 4.90 Å². The van der Waals surface area contributed by atoms with Gasteiger partial charge in [-0.2, -0.15) is 0 Å². The van der Waals surface area contributed by atoms with E-state index in [2.05, 4.69) is 4.98 Å². The van der Waals surface area contributed by atoms with Crippen LogP contribution in [-0.4, -0.2) is 65.7 Å². The lowest BCUT2D eigenvalue weighted by molar-refractivity contribution is 0.0577. The van der Waals surface area contributed by atoms with Gasteiger partial charge in [0.05, 0.1) is 18.0 Å². The summed E-state index contributed by atoms with van der Waals surface area (Å²) in [7, 11) is 5.43. The number of carbonyl (C=O) groups excluding carboxylic acids is 1. The number of nitrogen functional groups attached to an aromatic ring is 1. The predicted octanol–water partition coefficient (Wildman–Crippen LogP) is 3.97. The van der Waals surface area contributed by atoms with E-state index in [0.29, 0.717) is 52.1 Å². The molecule has 0 saturated carbocycles. The normalized spacial score (nSPS) is 11.8. The molecule has 0 aliphatic rings. The molecule has 0 aliphatic heterocycles. The van der Waals surface area contributed by atoms with Crippen molar-refractivity contribution in [1.82, 2.24) is 19.7 Å². The molecule has 3 aromatic rings. The molecule has 0 aliphatic carbocycles. The number of ether oxygens (including phenoxy) is 2. The van der Waals surface area contributed by atoms with Gasteiger partial charge in [0.1, 0.15) is 22.2 Å². The number of aromatic nitrogens is 3. The van der Waals surface area contributed by atoms with Crippen molar-refractivity contribution in [3.8, 4) is 11.4 Å². The minimum absolute atomic E-state index is 0.303. The van der Waals surface area contributed by atoms with Gasteiger partial charge in [0.15, 0.2) is 5.82 Å². The Hall–Kier alpha value is -3.04. The fourth-order valence-corrected chi connectivity index (χ4v) is 3.28. The van der Waals surface area contributed by atoms with Gasteiger partial charge in [0.2, 0.25) is 0 Å². The molecule has 10 heteroatoms. The van der Waals surface area contributed by atoms with E-state index in [1.54, 1.807) is 42.3 Å². The highest BCUT2D eigenvalue weighted by atomic mass is 35.5. The maximum absolute atomic E-state index is 13.1. The van der Waals surface area contributed by atoms with E-state index in [-0.39, 0.29) is 0 Å². The van der Waals surface area contributed by atoms with Gasteiger partial charge >= 0.3 is 6.09 Å². The van der Waals surface area contributed by atoms with Crippen LogP contribution in [0.5, 0.6) is 5.75 Å². The lowest BCUT2D eigenvalue weighted by Gasteiger charge is -2.27.